The van der Waals surface area contributed by atoms with Gasteiger partial charge in [0.2, 0.25) is 5.91 Å². The van der Waals surface area contributed by atoms with Crippen molar-refractivity contribution >= 4 is 52.9 Å². The topological polar surface area (TPSA) is 72.9 Å². The molecule has 0 atom stereocenters. The van der Waals surface area contributed by atoms with E-state index >= 15 is 0 Å². The molecule has 9 heteroatoms. The normalized spacial score (nSPS) is 14.4. The van der Waals surface area contributed by atoms with Gasteiger partial charge in [0.15, 0.2) is 5.96 Å². The molecule has 0 unspecified atom stereocenters. The van der Waals surface area contributed by atoms with Crippen LogP contribution in [0.5, 0.6) is 0 Å². The van der Waals surface area contributed by atoms with Gasteiger partial charge in [-0.25, -0.2) is 4.98 Å². The van der Waals surface area contributed by atoms with Crippen LogP contribution in [0, 0.1) is 13.8 Å². The lowest BCUT2D eigenvalue weighted by atomic mass is 10.2. The van der Waals surface area contributed by atoms with Gasteiger partial charge in [-0.05, 0) is 26.0 Å². The Morgan fingerprint density at radius 1 is 1.14 bits per heavy atom. The van der Waals surface area contributed by atoms with Crippen molar-refractivity contribution in [2.75, 3.05) is 44.7 Å². The molecule has 1 aliphatic rings. The predicted molar refractivity (Wildman–Crippen MR) is 130 cm³/mol. The number of benzene rings is 1. The predicted octanol–water partition coefficient (Wildman–Crippen LogP) is 2.39. The number of halogens is 1. The standard InChI is InChI=1S/C20H28N6OS.HI/c1-15-16(2)28-18(24-15)13-22-20(21-3)23-14-19(27)26-11-9-25(10-12-26)17-7-5-4-6-8-17;/h4-8H,9-14H2,1-3H3,(H2,21,22,23);1H. The van der Waals surface area contributed by atoms with Gasteiger partial charge in [0.1, 0.15) is 5.01 Å². The molecule has 158 valence electrons. The maximum absolute atomic E-state index is 12.5. The molecule has 0 bridgehead atoms. The Bertz CT molecular complexity index is 798. The Morgan fingerprint density at radius 3 is 2.41 bits per heavy atom. The van der Waals surface area contributed by atoms with Crippen LogP contribution in [0.4, 0.5) is 5.69 Å². The first-order valence-electron chi connectivity index (χ1n) is 9.52. The van der Waals surface area contributed by atoms with E-state index in [4.69, 9.17) is 0 Å². The molecule has 1 amide bonds. The number of carbonyl (C=O) groups is 1. The Hall–Kier alpha value is -1.88. The van der Waals surface area contributed by atoms with Crippen molar-refractivity contribution in [2.45, 2.75) is 20.4 Å². The molecule has 2 N–H and O–H groups in total. The minimum atomic E-state index is 0. The minimum absolute atomic E-state index is 0. The number of para-hydroxylation sites is 1. The van der Waals surface area contributed by atoms with Crippen LogP contribution >= 0.6 is 35.3 Å². The lowest BCUT2D eigenvalue weighted by Gasteiger charge is -2.36. The average Bonchev–Trinajstić information content (AvgIpc) is 3.06. The fourth-order valence-electron chi connectivity index (χ4n) is 3.12. The largest absolute Gasteiger partial charge is 0.368 e. The summed E-state index contributed by atoms with van der Waals surface area (Å²) < 4.78 is 0. The highest BCUT2D eigenvalue weighted by Crippen LogP contribution is 2.16. The molecule has 2 aromatic rings. The summed E-state index contributed by atoms with van der Waals surface area (Å²) in [5.41, 5.74) is 2.28. The lowest BCUT2D eigenvalue weighted by molar-refractivity contribution is -0.130. The Kier molecular flexibility index (Phi) is 9.15. The zero-order valence-electron chi connectivity index (χ0n) is 17.1. The number of aryl methyl sites for hydroxylation is 2. The number of anilines is 1. The maximum Gasteiger partial charge on any atom is 0.242 e. The van der Waals surface area contributed by atoms with Crippen LogP contribution < -0.4 is 15.5 Å². The van der Waals surface area contributed by atoms with Crippen molar-refractivity contribution in [1.29, 1.82) is 0 Å². The zero-order chi connectivity index (χ0) is 19.9. The molecular weight excluding hydrogens is 499 g/mol. The number of amides is 1. The molecule has 2 heterocycles. The van der Waals surface area contributed by atoms with Gasteiger partial charge in [0, 0.05) is 43.8 Å². The van der Waals surface area contributed by atoms with E-state index in [9.17, 15) is 4.79 Å². The van der Waals surface area contributed by atoms with E-state index in [2.05, 4.69) is 44.6 Å². The van der Waals surface area contributed by atoms with E-state index in [0.29, 0.717) is 12.5 Å². The van der Waals surface area contributed by atoms with E-state index in [1.165, 1.54) is 10.6 Å². The quantitative estimate of drug-likeness (QED) is 0.355. The zero-order valence-corrected chi connectivity index (χ0v) is 20.3. The number of carbonyl (C=O) groups excluding carboxylic acids is 1. The summed E-state index contributed by atoms with van der Waals surface area (Å²) in [7, 11) is 1.71. The number of aromatic nitrogens is 1. The molecule has 1 aromatic heterocycles. The molecule has 0 aliphatic carbocycles. The summed E-state index contributed by atoms with van der Waals surface area (Å²) in [6.07, 6.45) is 0. The first-order chi connectivity index (χ1) is 13.6. The fourth-order valence-corrected chi connectivity index (χ4v) is 3.99. The lowest BCUT2D eigenvalue weighted by Crippen LogP contribution is -2.52. The highest BCUT2D eigenvalue weighted by Gasteiger charge is 2.21. The van der Waals surface area contributed by atoms with E-state index in [1.807, 2.05) is 30.0 Å². The van der Waals surface area contributed by atoms with Crippen LogP contribution in [0.2, 0.25) is 0 Å². The van der Waals surface area contributed by atoms with E-state index in [1.54, 1.807) is 18.4 Å². The second kappa shape index (κ2) is 11.3. The number of rotatable bonds is 5. The third-order valence-electron chi connectivity index (χ3n) is 4.86. The van der Waals surface area contributed by atoms with Crippen molar-refractivity contribution in [3.05, 3.63) is 45.9 Å². The van der Waals surface area contributed by atoms with Gasteiger partial charge < -0.3 is 20.4 Å². The van der Waals surface area contributed by atoms with Gasteiger partial charge in [0.25, 0.3) is 0 Å². The van der Waals surface area contributed by atoms with Crippen LogP contribution in [-0.4, -0.2) is 61.5 Å². The number of aliphatic imine (C=N–C) groups is 1. The van der Waals surface area contributed by atoms with Crippen LogP contribution in [0.15, 0.2) is 35.3 Å². The summed E-state index contributed by atoms with van der Waals surface area (Å²) >= 11 is 1.68. The fraction of sp³-hybridized carbons (Fsp3) is 0.450. The van der Waals surface area contributed by atoms with Crippen LogP contribution in [0.3, 0.4) is 0 Å². The SMILES string of the molecule is CN=C(NCC(=O)N1CCN(c2ccccc2)CC1)NCc1nc(C)c(C)s1.I. The third kappa shape index (κ3) is 6.56. The Labute approximate surface area is 193 Å². The van der Waals surface area contributed by atoms with Crippen LogP contribution in [0.25, 0.3) is 0 Å². The van der Waals surface area contributed by atoms with Crippen LogP contribution in [0.1, 0.15) is 15.6 Å². The highest BCUT2D eigenvalue weighted by molar-refractivity contribution is 14.0. The Morgan fingerprint density at radius 2 is 1.83 bits per heavy atom. The molecule has 1 aromatic carbocycles. The summed E-state index contributed by atoms with van der Waals surface area (Å²) in [5.74, 6) is 0.707. The van der Waals surface area contributed by atoms with Crippen molar-refractivity contribution in [1.82, 2.24) is 20.5 Å². The first kappa shape index (κ1) is 23.4. The number of piperazine rings is 1. The molecule has 1 saturated heterocycles. The summed E-state index contributed by atoms with van der Waals surface area (Å²) in [6, 6.07) is 10.3. The van der Waals surface area contributed by atoms with Gasteiger partial charge in [-0.1, -0.05) is 18.2 Å². The number of hydrogen-bond donors (Lipinski definition) is 2. The molecule has 3 rings (SSSR count). The van der Waals surface area contributed by atoms with E-state index < -0.39 is 0 Å². The van der Waals surface area contributed by atoms with E-state index in [0.717, 1.165) is 36.9 Å². The van der Waals surface area contributed by atoms with Crippen molar-refractivity contribution in [3.8, 4) is 0 Å². The number of thiazole rings is 1. The summed E-state index contributed by atoms with van der Waals surface area (Å²) in [5, 5.41) is 7.35. The van der Waals surface area contributed by atoms with Gasteiger partial charge in [0.05, 0.1) is 18.8 Å². The molecular formula is C20H29IN6OS. The van der Waals surface area contributed by atoms with Gasteiger partial charge >= 0.3 is 0 Å². The molecule has 1 fully saturated rings. The molecule has 0 saturated carbocycles. The second-order valence-corrected chi connectivity index (χ2v) is 8.02. The van der Waals surface area contributed by atoms with Crippen molar-refractivity contribution < 1.29 is 4.79 Å². The number of hydrogen-bond acceptors (Lipinski definition) is 5. The van der Waals surface area contributed by atoms with Crippen molar-refractivity contribution in [2.24, 2.45) is 4.99 Å². The average molecular weight is 528 g/mol. The summed E-state index contributed by atoms with van der Waals surface area (Å²) in [6.45, 7) is 8.09. The Balaban J connectivity index is 0.00000300. The molecule has 0 radical (unpaired) electrons. The first-order valence-corrected chi connectivity index (χ1v) is 10.3. The monoisotopic (exact) mass is 528 g/mol. The maximum atomic E-state index is 12.5. The summed E-state index contributed by atoms with van der Waals surface area (Å²) in [4.78, 5) is 26.7. The van der Waals surface area contributed by atoms with Gasteiger partial charge in [-0.15, -0.1) is 35.3 Å². The van der Waals surface area contributed by atoms with Gasteiger partial charge in [-0.3, -0.25) is 9.79 Å². The smallest absolute Gasteiger partial charge is 0.242 e. The third-order valence-corrected chi connectivity index (χ3v) is 5.94. The van der Waals surface area contributed by atoms with Crippen LogP contribution in [-0.2, 0) is 11.3 Å². The highest BCUT2D eigenvalue weighted by atomic mass is 127. The minimum Gasteiger partial charge on any atom is -0.368 e. The number of nitrogens with zero attached hydrogens (tertiary/aromatic N) is 4. The molecule has 7 nitrogen and oxygen atoms in total. The molecule has 1 aliphatic heterocycles. The molecule has 0 spiro atoms. The number of guanidine groups is 1. The van der Waals surface area contributed by atoms with Crippen molar-refractivity contribution in [3.63, 3.8) is 0 Å². The number of nitrogens with one attached hydrogen (secondary N) is 2. The van der Waals surface area contributed by atoms with Gasteiger partial charge in [-0.2, -0.15) is 0 Å². The van der Waals surface area contributed by atoms with E-state index in [-0.39, 0.29) is 36.4 Å². The second-order valence-electron chi connectivity index (χ2n) is 6.73. The molecule has 29 heavy (non-hydrogen) atoms.